The van der Waals surface area contributed by atoms with Crippen molar-refractivity contribution >= 4 is 22.6 Å². The highest BCUT2D eigenvalue weighted by atomic mass is 35.5. The van der Waals surface area contributed by atoms with Crippen molar-refractivity contribution in [3.8, 4) is 0 Å². The van der Waals surface area contributed by atoms with Gasteiger partial charge in [0.2, 0.25) is 0 Å². The van der Waals surface area contributed by atoms with Gasteiger partial charge in [-0.25, -0.2) is 9.97 Å². The van der Waals surface area contributed by atoms with E-state index in [1.807, 2.05) is 6.07 Å². The van der Waals surface area contributed by atoms with Crippen LogP contribution in [-0.2, 0) is 0 Å². The van der Waals surface area contributed by atoms with Crippen LogP contribution in [0.5, 0.6) is 0 Å². The van der Waals surface area contributed by atoms with Gasteiger partial charge in [0, 0.05) is 18.3 Å². The number of aromatic nitrogens is 3. The van der Waals surface area contributed by atoms with Gasteiger partial charge in [-0.3, -0.25) is 0 Å². The van der Waals surface area contributed by atoms with E-state index >= 15 is 0 Å². The molecule has 4 nitrogen and oxygen atoms in total. The minimum Gasteiger partial charge on any atom is -0.396 e. The second kappa shape index (κ2) is 4.52. The van der Waals surface area contributed by atoms with E-state index in [4.69, 9.17) is 11.6 Å². The van der Waals surface area contributed by atoms with Gasteiger partial charge in [-0.2, -0.15) is 0 Å². The Hall–Kier alpha value is -1.13. The summed E-state index contributed by atoms with van der Waals surface area (Å²) in [5, 5.41) is 10.7. The van der Waals surface area contributed by atoms with Crippen molar-refractivity contribution in [3.05, 3.63) is 23.2 Å². The molecule has 0 bridgehead atoms. The summed E-state index contributed by atoms with van der Waals surface area (Å²) in [6.45, 7) is 2.36. The number of hydrogen-bond acceptors (Lipinski definition) is 3. The molecule has 1 fully saturated rings. The number of hydrogen-bond donors (Lipinski definition) is 1. The second-order valence-electron chi connectivity index (χ2n) is 5.07. The third-order valence-corrected chi connectivity index (χ3v) is 4.21. The van der Waals surface area contributed by atoms with E-state index < -0.39 is 0 Å². The van der Waals surface area contributed by atoms with Gasteiger partial charge < -0.3 is 9.67 Å². The fourth-order valence-electron chi connectivity index (χ4n) is 3.04. The quantitative estimate of drug-likeness (QED) is 0.850. The standard InChI is InChI=1S/C13H16ClN3O/c1-8-4-11-12(14)15-7-16-13(11)17(8)10-3-2-9(5-10)6-18/h4,7,9-10,18H,2-3,5-6H2,1H3. The van der Waals surface area contributed by atoms with Crippen LogP contribution < -0.4 is 0 Å². The predicted octanol–water partition coefficient (Wildman–Crippen LogP) is 2.73. The van der Waals surface area contributed by atoms with Gasteiger partial charge in [0.1, 0.15) is 17.1 Å². The normalized spacial score (nSPS) is 23.9. The van der Waals surface area contributed by atoms with Crippen LogP contribution >= 0.6 is 11.6 Å². The lowest BCUT2D eigenvalue weighted by molar-refractivity contribution is 0.226. The first-order valence-corrected chi connectivity index (χ1v) is 6.67. The van der Waals surface area contributed by atoms with E-state index in [0.29, 0.717) is 17.1 Å². The van der Waals surface area contributed by atoms with E-state index in [1.165, 1.54) is 6.33 Å². The summed E-state index contributed by atoms with van der Waals surface area (Å²) in [5.74, 6) is 0.421. The third kappa shape index (κ3) is 1.80. The smallest absolute Gasteiger partial charge is 0.145 e. The monoisotopic (exact) mass is 265 g/mol. The summed E-state index contributed by atoms with van der Waals surface area (Å²) in [5.41, 5.74) is 2.08. The first-order valence-electron chi connectivity index (χ1n) is 6.29. The molecule has 1 saturated carbocycles. The lowest BCUT2D eigenvalue weighted by atomic mass is 10.1. The SMILES string of the molecule is Cc1cc2c(Cl)ncnc2n1C1CCC(CO)C1. The molecule has 18 heavy (non-hydrogen) atoms. The zero-order chi connectivity index (χ0) is 12.7. The molecule has 0 amide bonds. The Balaban J connectivity index is 2.07. The number of halogens is 1. The Morgan fingerprint density at radius 1 is 1.44 bits per heavy atom. The maximum absolute atomic E-state index is 9.25. The van der Waals surface area contributed by atoms with Crippen molar-refractivity contribution in [3.63, 3.8) is 0 Å². The molecule has 1 aliphatic carbocycles. The number of nitrogens with zero attached hydrogens (tertiary/aromatic N) is 3. The van der Waals surface area contributed by atoms with Crippen LogP contribution in [0.4, 0.5) is 0 Å². The molecule has 0 aliphatic heterocycles. The van der Waals surface area contributed by atoms with Crippen LogP contribution in [0.15, 0.2) is 12.4 Å². The zero-order valence-corrected chi connectivity index (χ0v) is 11.1. The molecule has 5 heteroatoms. The molecule has 0 radical (unpaired) electrons. The highest BCUT2D eigenvalue weighted by molar-refractivity contribution is 6.33. The highest BCUT2D eigenvalue weighted by Crippen LogP contribution is 2.38. The third-order valence-electron chi connectivity index (χ3n) is 3.91. The van der Waals surface area contributed by atoms with Crippen LogP contribution in [0.2, 0.25) is 5.15 Å². The van der Waals surface area contributed by atoms with Crippen LogP contribution in [0.3, 0.4) is 0 Å². The molecule has 2 heterocycles. The van der Waals surface area contributed by atoms with Crippen molar-refractivity contribution in [2.24, 2.45) is 5.92 Å². The molecular weight excluding hydrogens is 250 g/mol. The molecule has 2 atom stereocenters. The van der Waals surface area contributed by atoms with Crippen molar-refractivity contribution in [1.82, 2.24) is 14.5 Å². The lowest BCUT2D eigenvalue weighted by Gasteiger charge is -2.16. The number of aliphatic hydroxyl groups is 1. The summed E-state index contributed by atoms with van der Waals surface area (Å²) in [4.78, 5) is 8.38. The van der Waals surface area contributed by atoms with Crippen molar-refractivity contribution in [2.45, 2.75) is 32.2 Å². The van der Waals surface area contributed by atoms with E-state index in [-0.39, 0.29) is 6.61 Å². The fraction of sp³-hybridized carbons (Fsp3) is 0.538. The average Bonchev–Trinajstić information content (AvgIpc) is 2.93. The molecule has 96 valence electrons. The average molecular weight is 266 g/mol. The minimum atomic E-state index is 0.282. The number of fused-ring (bicyclic) bond motifs is 1. The molecule has 1 aliphatic rings. The molecule has 3 rings (SSSR count). The predicted molar refractivity (Wildman–Crippen MR) is 70.7 cm³/mol. The molecule has 2 unspecified atom stereocenters. The van der Waals surface area contributed by atoms with E-state index in [9.17, 15) is 5.11 Å². The van der Waals surface area contributed by atoms with Gasteiger partial charge >= 0.3 is 0 Å². The zero-order valence-electron chi connectivity index (χ0n) is 10.3. The summed E-state index contributed by atoms with van der Waals surface area (Å²) in [7, 11) is 0. The van der Waals surface area contributed by atoms with Gasteiger partial charge in [0.15, 0.2) is 0 Å². The van der Waals surface area contributed by atoms with Gasteiger partial charge in [-0.15, -0.1) is 0 Å². The molecule has 0 saturated heterocycles. The number of rotatable bonds is 2. The fourth-order valence-corrected chi connectivity index (χ4v) is 3.22. The van der Waals surface area contributed by atoms with Crippen LogP contribution in [0.25, 0.3) is 11.0 Å². The summed E-state index contributed by atoms with van der Waals surface area (Å²) >= 11 is 6.10. The van der Waals surface area contributed by atoms with Crippen LogP contribution in [0, 0.1) is 12.8 Å². The minimum absolute atomic E-state index is 0.282. The Bertz CT molecular complexity index is 581. The summed E-state index contributed by atoms with van der Waals surface area (Å²) in [6, 6.07) is 2.47. The number of aryl methyl sites for hydroxylation is 1. The molecule has 2 aromatic heterocycles. The van der Waals surface area contributed by atoms with Gasteiger partial charge in [-0.05, 0) is 38.2 Å². The largest absolute Gasteiger partial charge is 0.396 e. The van der Waals surface area contributed by atoms with Crippen molar-refractivity contribution in [1.29, 1.82) is 0 Å². The van der Waals surface area contributed by atoms with Gasteiger partial charge in [-0.1, -0.05) is 11.6 Å². The van der Waals surface area contributed by atoms with Crippen molar-refractivity contribution < 1.29 is 5.11 Å². The molecule has 1 N–H and O–H groups in total. The molecule has 0 spiro atoms. The van der Waals surface area contributed by atoms with Gasteiger partial charge in [0.05, 0.1) is 5.39 Å². The molecule has 2 aromatic rings. The Morgan fingerprint density at radius 2 is 2.28 bits per heavy atom. The van der Waals surface area contributed by atoms with E-state index in [2.05, 4.69) is 21.5 Å². The maximum Gasteiger partial charge on any atom is 0.145 e. The van der Waals surface area contributed by atoms with E-state index in [0.717, 1.165) is 36.0 Å². The topological polar surface area (TPSA) is 50.9 Å². The highest BCUT2D eigenvalue weighted by Gasteiger charge is 2.27. The first-order chi connectivity index (χ1) is 8.70. The van der Waals surface area contributed by atoms with Crippen LogP contribution in [0.1, 0.15) is 31.0 Å². The Labute approximate surface area is 111 Å². The maximum atomic E-state index is 9.25. The second-order valence-corrected chi connectivity index (χ2v) is 5.43. The van der Waals surface area contributed by atoms with Crippen molar-refractivity contribution in [2.75, 3.05) is 6.61 Å². The Morgan fingerprint density at radius 3 is 3.00 bits per heavy atom. The number of aliphatic hydroxyl groups excluding tert-OH is 1. The summed E-state index contributed by atoms with van der Waals surface area (Å²) in [6.07, 6.45) is 4.71. The lowest BCUT2D eigenvalue weighted by Crippen LogP contribution is -2.09. The molecule has 0 aromatic carbocycles. The van der Waals surface area contributed by atoms with E-state index in [1.54, 1.807) is 0 Å². The molecular formula is C13H16ClN3O. The summed E-state index contributed by atoms with van der Waals surface area (Å²) < 4.78 is 2.25. The Kier molecular flexibility index (Phi) is 2.99. The van der Waals surface area contributed by atoms with Gasteiger partial charge in [0.25, 0.3) is 0 Å². The van der Waals surface area contributed by atoms with Crippen LogP contribution in [-0.4, -0.2) is 26.2 Å². The first kappa shape index (κ1) is 11.9.